The molecule has 0 spiro atoms. The fourth-order valence-corrected chi connectivity index (χ4v) is 2.61. The third-order valence-electron chi connectivity index (χ3n) is 3.68. The maximum atomic E-state index is 6.02. The zero-order valence-electron chi connectivity index (χ0n) is 9.56. The molecule has 1 saturated carbocycles. The van der Waals surface area contributed by atoms with Crippen LogP contribution in [0.1, 0.15) is 48.8 Å². The molecular formula is C14H19NO. The molecule has 0 radical (unpaired) electrons. The molecule has 2 atom stereocenters. The predicted octanol–water partition coefficient (Wildman–Crippen LogP) is 2.74. The molecule has 2 unspecified atom stereocenters. The molecule has 86 valence electrons. The van der Waals surface area contributed by atoms with Gasteiger partial charge in [-0.25, -0.2) is 0 Å². The average Bonchev–Trinajstić information content (AvgIpc) is 3.13. The molecule has 0 bridgehead atoms. The Hall–Kier alpha value is -0.860. The molecule has 1 saturated heterocycles. The Labute approximate surface area is 96.8 Å². The molecule has 2 fully saturated rings. The Morgan fingerprint density at radius 3 is 2.50 bits per heavy atom. The Morgan fingerprint density at radius 2 is 1.81 bits per heavy atom. The van der Waals surface area contributed by atoms with Crippen LogP contribution >= 0.6 is 0 Å². The van der Waals surface area contributed by atoms with Crippen LogP contribution in [0.4, 0.5) is 0 Å². The van der Waals surface area contributed by atoms with Gasteiger partial charge in [0.1, 0.15) is 0 Å². The van der Waals surface area contributed by atoms with Gasteiger partial charge < -0.3 is 10.5 Å². The lowest BCUT2D eigenvalue weighted by atomic mass is 9.93. The smallest absolute Gasteiger partial charge is 0.0842 e. The van der Waals surface area contributed by atoms with Gasteiger partial charge in [0.05, 0.1) is 6.10 Å². The van der Waals surface area contributed by atoms with Gasteiger partial charge in [-0.1, -0.05) is 24.3 Å². The highest BCUT2D eigenvalue weighted by Crippen LogP contribution is 2.44. The van der Waals surface area contributed by atoms with Crippen LogP contribution in [-0.2, 0) is 4.74 Å². The number of benzene rings is 1. The lowest BCUT2D eigenvalue weighted by Gasteiger charge is -2.29. The minimum atomic E-state index is 0.237. The van der Waals surface area contributed by atoms with Gasteiger partial charge in [-0.2, -0.15) is 0 Å². The summed E-state index contributed by atoms with van der Waals surface area (Å²) in [5.41, 5.74) is 8.91. The van der Waals surface area contributed by atoms with Crippen molar-refractivity contribution >= 4 is 0 Å². The minimum absolute atomic E-state index is 0.237. The van der Waals surface area contributed by atoms with Crippen LogP contribution in [0.5, 0.6) is 0 Å². The Balaban J connectivity index is 1.86. The minimum Gasteiger partial charge on any atom is -0.373 e. The molecule has 16 heavy (non-hydrogen) atoms. The average molecular weight is 217 g/mol. The van der Waals surface area contributed by atoms with Crippen molar-refractivity contribution in [1.82, 2.24) is 0 Å². The largest absolute Gasteiger partial charge is 0.373 e. The zero-order chi connectivity index (χ0) is 11.0. The number of nitrogens with two attached hydrogens (primary N) is 1. The normalized spacial score (nSPS) is 30.3. The lowest BCUT2D eigenvalue weighted by Crippen LogP contribution is -2.30. The fourth-order valence-electron chi connectivity index (χ4n) is 2.61. The summed E-state index contributed by atoms with van der Waals surface area (Å²) in [5, 5.41) is 0. The maximum absolute atomic E-state index is 6.02. The van der Waals surface area contributed by atoms with Crippen molar-refractivity contribution in [3.63, 3.8) is 0 Å². The topological polar surface area (TPSA) is 35.2 Å². The van der Waals surface area contributed by atoms with Crippen LogP contribution in [0.25, 0.3) is 0 Å². The second kappa shape index (κ2) is 4.19. The van der Waals surface area contributed by atoms with Gasteiger partial charge in [0.2, 0.25) is 0 Å². The summed E-state index contributed by atoms with van der Waals surface area (Å²) in [5.74, 6) is 0.790. The van der Waals surface area contributed by atoms with Crippen LogP contribution in [0.15, 0.2) is 24.3 Å². The molecule has 1 aromatic rings. The Morgan fingerprint density at radius 1 is 1.06 bits per heavy atom. The Bertz CT molecular complexity index is 373. The second-order valence-electron chi connectivity index (χ2n) is 5.05. The van der Waals surface area contributed by atoms with E-state index >= 15 is 0 Å². The van der Waals surface area contributed by atoms with E-state index in [1.807, 2.05) is 0 Å². The van der Waals surface area contributed by atoms with Gasteiger partial charge in [0.15, 0.2) is 0 Å². The third kappa shape index (κ3) is 2.00. The first-order chi connectivity index (χ1) is 7.84. The van der Waals surface area contributed by atoms with Crippen molar-refractivity contribution in [1.29, 1.82) is 0 Å². The van der Waals surface area contributed by atoms with Crippen molar-refractivity contribution in [3.8, 4) is 0 Å². The summed E-state index contributed by atoms with van der Waals surface area (Å²) in [6.07, 6.45) is 4.90. The van der Waals surface area contributed by atoms with Gasteiger partial charge >= 0.3 is 0 Å². The number of hydrogen-bond donors (Lipinski definition) is 1. The van der Waals surface area contributed by atoms with Crippen LogP contribution < -0.4 is 5.73 Å². The standard InChI is InChI=1S/C14H19NO/c15-11-7-8-16-14(9-11)13-4-2-1-3-12(13)10-5-6-10/h1-4,10-11,14H,5-9,15H2. The van der Waals surface area contributed by atoms with Gasteiger partial charge in [0, 0.05) is 12.6 Å². The molecule has 1 aliphatic heterocycles. The molecule has 0 aromatic heterocycles. The van der Waals surface area contributed by atoms with E-state index in [9.17, 15) is 0 Å². The highest BCUT2D eigenvalue weighted by molar-refractivity contribution is 5.35. The van der Waals surface area contributed by atoms with E-state index in [1.54, 1.807) is 0 Å². The number of ether oxygens (including phenoxy) is 1. The number of hydrogen-bond acceptors (Lipinski definition) is 2. The monoisotopic (exact) mass is 217 g/mol. The SMILES string of the molecule is NC1CCOC(c2ccccc2C2CC2)C1. The first kappa shape index (κ1) is 10.3. The Kier molecular flexibility index (Phi) is 2.70. The molecule has 2 nitrogen and oxygen atoms in total. The van der Waals surface area contributed by atoms with E-state index < -0.39 is 0 Å². The maximum Gasteiger partial charge on any atom is 0.0842 e. The van der Waals surface area contributed by atoms with Crippen molar-refractivity contribution in [2.75, 3.05) is 6.61 Å². The molecule has 2 N–H and O–H groups in total. The summed E-state index contributed by atoms with van der Waals surface area (Å²) < 4.78 is 5.87. The van der Waals surface area contributed by atoms with Crippen LogP contribution in [-0.4, -0.2) is 12.6 Å². The van der Waals surface area contributed by atoms with Crippen molar-refractivity contribution < 1.29 is 4.74 Å². The molecule has 1 aromatic carbocycles. The molecular weight excluding hydrogens is 198 g/mol. The van der Waals surface area contributed by atoms with Crippen LogP contribution in [0.3, 0.4) is 0 Å². The second-order valence-corrected chi connectivity index (χ2v) is 5.05. The van der Waals surface area contributed by atoms with Gasteiger partial charge in [-0.15, -0.1) is 0 Å². The molecule has 2 aliphatic rings. The summed E-state index contributed by atoms with van der Waals surface area (Å²) in [7, 11) is 0. The lowest BCUT2D eigenvalue weighted by molar-refractivity contribution is 0.00617. The van der Waals surface area contributed by atoms with Crippen molar-refractivity contribution in [2.45, 2.75) is 43.7 Å². The fraction of sp³-hybridized carbons (Fsp3) is 0.571. The first-order valence-corrected chi connectivity index (χ1v) is 6.30. The van der Waals surface area contributed by atoms with E-state index in [4.69, 9.17) is 10.5 Å². The summed E-state index contributed by atoms with van der Waals surface area (Å²) in [4.78, 5) is 0. The first-order valence-electron chi connectivity index (χ1n) is 6.30. The van der Waals surface area contributed by atoms with E-state index in [0.717, 1.165) is 25.4 Å². The number of rotatable bonds is 2. The van der Waals surface area contributed by atoms with Crippen molar-refractivity contribution in [3.05, 3.63) is 35.4 Å². The molecule has 2 heteroatoms. The van der Waals surface area contributed by atoms with Crippen LogP contribution in [0.2, 0.25) is 0 Å². The third-order valence-corrected chi connectivity index (χ3v) is 3.68. The highest BCUT2D eigenvalue weighted by Gasteiger charge is 2.30. The summed E-state index contributed by atoms with van der Waals surface area (Å²) in [6.45, 7) is 0.810. The van der Waals surface area contributed by atoms with E-state index in [-0.39, 0.29) is 6.10 Å². The quantitative estimate of drug-likeness (QED) is 0.826. The van der Waals surface area contributed by atoms with E-state index in [1.165, 1.54) is 24.0 Å². The van der Waals surface area contributed by atoms with Gasteiger partial charge in [-0.05, 0) is 42.7 Å². The van der Waals surface area contributed by atoms with Gasteiger partial charge in [0.25, 0.3) is 0 Å². The van der Waals surface area contributed by atoms with Crippen LogP contribution in [0, 0.1) is 0 Å². The van der Waals surface area contributed by atoms with E-state index in [2.05, 4.69) is 24.3 Å². The summed E-state index contributed by atoms with van der Waals surface area (Å²) in [6, 6.07) is 9.04. The molecule has 0 amide bonds. The zero-order valence-corrected chi connectivity index (χ0v) is 9.56. The molecule has 1 heterocycles. The van der Waals surface area contributed by atoms with E-state index in [0.29, 0.717) is 6.04 Å². The van der Waals surface area contributed by atoms with Gasteiger partial charge in [-0.3, -0.25) is 0 Å². The highest BCUT2D eigenvalue weighted by atomic mass is 16.5. The molecule has 1 aliphatic carbocycles. The summed E-state index contributed by atoms with van der Waals surface area (Å²) >= 11 is 0. The predicted molar refractivity (Wildman–Crippen MR) is 64.3 cm³/mol. The molecule has 3 rings (SSSR count). The van der Waals surface area contributed by atoms with Crippen molar-refractivity contribution in [2.24, 2.45) is 5.73 Å².